The summed E-state index contributed by atoms with van der Waals surface area (Å²) in [5.41, 5.74) is 9.72. The zero-order valence-electron chi connectivity index (χ0n) is 12.4. The van der Waals surface area contributed by atoms with Crippen LogP contribution < -0.4 is 11.1 Å². The van der Waals surface area contributed by atoms with Gasteiger partial charge in [0, 0.05) is 29.0 Å². The number of ketones is 1. The van der Waals surface area contributed by atoms with Crippen LogP contribution in [0.15, 0.2) is 42.5 Å². The molecule has 0 amide bonds. The second-order valence-corrected chi connectivity index (χ2v) is 5.16. The molecule has 2 aromatic rings. The predicted molar refractivity (Wildman–Crippen MR) is 87.9 cm³/mol. The van der Waals surface area contributed by atoms with E-state index in [1.807, 2.05) is 24.3 Å². The Kier molecular flexibility index (Phi) is 5.14. The predicted octanol–water partition coefficient (Wildman–Crippen LogP) is 1.90. The van der Waals surface area contributed by atoms with Crippen LogP contribution in [0.1, 0.15) is 17.3 Å². The van der Waals surface area contributed by atoms with Crippen molar-refractivity contribution in [2.75, 3.05) is 24.2 Å². The van der Waals surface area contributed by atoms with Crippen LogP contribution in [0.5, 0.6) is 0 Å². The number of nitrogen functional groups attached to an aromatic ring is 1. The molecule has 5 N–H and O–H groups in total. The van der Waals surface area contributed by atoms with Crippen LogP contribution in [0.3, 0.4) is 0 Å². The molecule has 0 bridgehead atoms. The number of nitrogens with two attached hydrogens (primary N) is 1. The number of carbonyl (C=O) groups excluding carboxylic acids is 1. The van der Waals surface area contributed by atoms with Gasteiger partial charge in [-0.15, -0.1) is 0 Å². The first kappa shape index (κ1) is 16.0. The minimum atomic E-state index is -0.828. The number of carbonyl (C=O) groups is 1. The summed E-state index contributed by atoms with van der Waals surface area (Å²) in [4.78, 5) is 11.3. The monoisotopic (exact) mass is 300 g/mol. The highest BCUT2D eigenvalue weighted by atomic mass is 16.3. The number of aliphatic hydroxyl groups excluding tert-OH is 2. The number of rotatable bonds is 6. The van der Waals surface area contributed by atoms with Gasteiger partial charge in [-0.05, 0) is 30.7 Å². The Morgan fingerprint density at radius 1 is 1.23 bits per heavy atom. The molecule has 0 fully saturated rings. The molecule has 1 atom stereocenters. The number of benzene rings is 2. The maximum absolute atomic E-state index is 11.3. The van der Waals surface area contributed by atoms with Gasteiger partial charge >= 0.3 is 0 Å². The maximum Gasteiger partial charge on any atom is 0.159 e. The standard InChI is InChI=1S/C17H20N2O3/c1-11(21)12-2-4-13(5-3-12)16-8-14(18)6-7-17(16)19-9-15(22)10-20/h2-8,15,19-20,22H,9-10,18H2,1H3. The summed E-state index contributed by atoms with van der Waals surface area (Å²) in [6.45, 7) is 1.46. The van der Waals surface area contributed by atoms with Crippen LogP contribution in [0, 0.1) is 0 Å². The van der Waals surface area contributed by atoms with Crippen molar-refractivity contribution in [1.29, 1.82) is 0 Å². The molecule has 22 heavy (non-hydrogen) atoms. The van der Waals surface area contributed by atoms with Crippen LogP contribution in [0.25, 0.3) is 11.1 Å². The fourth-order valence-electron chi connectivity index (χ4n) is 2.13. The summed E-state index contributed by atoms with van der Waals surface area (Å²) in [6, 6.07) is 12.7. The SMILES string of the molecule is CC(=O)c1ccc(-c2cc(N)ccc2NCC(O)CO)cc1. The van der Waals surface area contributed by atoms with Gasteiger partial charge in [-0.25, -0.2) is 0 Å². The average Bonchev–Trinajstić information content (AvgIpc) is 2.53. The van der Waals surface area contributed by atoms with Crippen molar-refractivity contribution < 1.29 is 15.0 Å². The van der Waals surface area contributed by atoms with Gasteiger partial charge in [0.05, 0.1) is 12.7 Å². The van der Waals surface area contributed by atoms with Crippen molar-refractivity contribution in [1.82, 2.24) is 0 Å². The molecular formula is C17H20N2O3. The average molecular weight is 300 g/mol. The Morgan fingerprint density at radius 3 is 2.50 bits per heavy atom. The van der Waals surface area contributed by atoms with Crippen LogP contribution in [0.2, 0.25) is 0 Å². The fraction of sp³-hybridized carbons (Fsp3) is 0.235. The van der Waals surface area contributed by atoms with E-state index in [0.29, 0.717) is 11.3 Å². The van der Waals surface area contributed by atoms with E-state index in [0.717, 1.165) is 16.8 Å². The van der Waals surface area contributed by atoms with E-state index >= 15 is 0 Å². The first-order valence-electron chi connectivity index (χ1n) is 7.05. The summed E-state index contributed by atoms with van der Waals surface area (Å²) in [7, 11) is 0. The molecule has 0 aliphatic carbocycles. The molecular weight excluding hydrogens is 280 g/mol. The number of nitrogens with one attached hydrogen (secondary N) is 1. The molecule has 116 valence electrons. The fourth-order valence-corrected chi connectivity index (χ4v) is 2.13. The summed E-state index contributed by atoms with van der Waals surface area (Å²) in [5, 5.41) is 21.4. The van der Waals surface area contributed by atoms with E-state index in [4.69, 9.17) is 10.8 Å². The van der Waals surface area contributed by atoms with Crippen LogP contribution in [-0.2, 0) is 0 Å². The van der Waals surface area contributed by atoms with Crippen LogP contribution in [-0.4, -0.2) is 35.3 Å². The summed E-state index contributed by atoms with van der Waals surface area (Å²) < 4.78 is 0. The topological polar surface area (TPSA) is 95.6 Å². The quantitative estimate of drug-likeness (QED) is 0.483. The normalized spacial score (nSPS) is 12.0. The van der Waals surface area contributed by atoms with Gasteiger partial charge in [0.2, 0.25) is 0 Å². The van der Waals surface area contributed by atoms with Gasteiger partial charge < -0.3 is 21.3 Å². The Hall–Kier alpha value is -2.37. The molecule has 5 heteroatoms. The van der Waals surface area contributed by atoms with Crippen LogP contribution >= 0.6 is 0 Å². The zero-order chi connectivity index (χ0) is 16.1. The van der Waals surface area contributed by atoms with Crippen molar-refractivity contribution in [3.8, 4) is 11.1 Å². The molecule has 5 nitrogen and oxygen atoms in total. The highest BCUT2D eigenvalue weighted by Gasteiger charge is 2.09. The third-order valence-electron chi connectivity index (χ3n) is 3.38. The molecule has 2 rings (SSSR count). The highest BCUT2D eigenvalue weighted by molar-refractivity contribution is 5.94. The van der Waals surface area contributed by atoms with Gasteiger partial charge in [-0.1, -0.05) is 24.3 Å². The van der Waals surface area contributed by atoms with Gasteiger partial charge in [-0.2, -0.15) is 0 Å². The van der Waals surface area contributed by atoms with Crippen molar-refractivity contribution >= 4 is 17.2 Å². The van der Waals surface area contributed by atoms with Crippen molar-refractivity contribution in [2.45, 2.75) is 13.0 Å². The maximum atomic E-state index is 11.3. The number of anilines is 2. The molecule has 1 unspecified atom stereocenters. The molecule has 0 spiro atoms. The lowest BCUT2D eigenvalue weighted by atomic mass is 10.0. The van der Waals surface area contributed by atoms with Crippen molar-refractivity contribution in [3.63, 3.8) is 0 Å². The first-order chi connectivity index (χ1) is 10.5. The molecule has 0 saturated heterocycles. The summed E-state index contributed by atoms with van der Waals surface area (Å²) >= 11 is 0. The molecule has 0 aliphatic rings. The summed E-state index contributed by atoms with van der Waals surface area (Å²) in [6.07, 6.45) is -0.828. The molecule has 0 radical (unpaired) electrons. The smallest absolute Gasteiger partial charge is 0.159 e. The molecule has 0 saturated carbocycles. The lowest BCUT2D eigenvalue weighted by molar-refractivity contribution is 0.101. The Morgan fingerprint density at radius 2 is 1.91 bits per heavy atom. The van der Waals surface area contributed by atoms with E-state index in [1.165, 1.54) is 6.92 Å². The van der Waals surface area contributed by atoms with E-state index in [-0.39, 0.29) is 18.9 Å². The van der Waals surface area contributed by atoms with E-state index in [2.05, 4.69) is 5.32 Å². The van der Waals surface area contributed by atoms with E-state index < -0.39 is 6.10 Å². The lowest BCUT2D eigenvalue weighted by Crippen LogP contribution is -2.23. The van der Waals surface area contributed by atoms with Gasteiger partial charge in [0.1, 0.15) is 0 Å². The molecule has 0 aliphatic heterocycles. The Labute approximate surface area is 129 Å². The number of hydrogen-bond donors (Lipinski definition) is 4. The zero-order valence-corrected chi connectivity index (χ0v) is 12.4. The minimum Gasteiger partial charge on any atom is -0.399 e. The Bertz CT molecular complexity index is 653. The highest BCUT2D eigenvalue weighted by Crippen LogP contribution is 2.30. The van der Waals surface area contributed by atoms with Gasteiger partial charge in [0.15, 0.2) is 5.78 Å². The number of hydrogen-bond acceptors (Lipinski definition) is 5. The van der Waals surface area contributed by atoms with E-state index in [9.17, 15) is 9.90 Å². The minimum absolute atomic E-state index is 0.0172. The number of aliphatic hydroxyl groups is 2. The molecule has 0 heterocycles. The number of Topliss-reactive ketones (excluding diaryl/α,β-unsaturated/α-hetero) is 1. The van der Waals surface area contributed by atoms with E-state index in [1.54, 1.807) is 18.2 Å². The first-order valence-corrected chi connectivity index (χ1v) is 7.05. The van der Waals surface area contributed by atoms with Crippen molar-refractivity contribution in [3.05, 3.63) is 48.0 Å². The molecule has 0 aromatic heterocycles. The summed E-state index contributed by atoms with van der Waals surface area (Å²) in [5.74, 6) is 0.0172. The third-order valence-corrected chi connectivity index (χ3v) is 3.38. The second-order valence-electron chi connectivity index (χ2n) is 5.16. The van der Waals surface area contributed by atoms with Crippen molar-refractivity contribution in [2.24, 2.45) is 0 Å². The third kappa shape index (κ3) is 3.84. The molecule has 2 aromatic carbocycles. The van der Waals surface area contributed by atoms with Gasteiger partial charge in [0.25, 0.3) is 0 Å². The second kappa shape index (κ2) is 7.06. The lowest BCUT2D eigenvalue weighted by Gasteiger charge is -2.15. The Balaban J connectivity index is 2.32. The van der Waals surface area contributed by atoms with Gasteiger partial charge in [-0.3, -0.25) is 4.79 Å². The van der Waals surface area contributed by atoms with Crippen LogP contribution in [0.4, 0.5) is 11.4 Å². The largest absolute Gasteiger partial charge is 0.399 e.